The molecule has 6 nitrogen and oxygen atoms in total. The summed E-state index contributed by atoms with van der Waals surface area (Å²) in [5.41, 5.74) is 3.79. The van der Waals surface area contributed by atoms with Crippen LogP contribution >= 0.6 is 11.6 Å². The number of hydrogen-bond donors (Lipinski definition) is 3. The van der Waals surface area contributed by atoms with Gasteiger partial charge in [0.25, 0.3) is 0 Å². The van der Waals surface area contributed by atoms with Gasteiger partial charge in [0.05, 0.1) is 11.6 Å². The van der Waals surface area contributed by atoms with E-state index in [-0.39, 0.29) is 17.0 Å². The average molecular weight is 268 g/mol. The fourth-order valence-electron chi connectivity index (χ4n) is 1.26. The molecule has 0 saturated heterocycles. The lowest BCUT2D eigenvalue weighted by Gasteiger charge is -2.14. The van der Waals surface area contributed by atoms with Crippen molar-refractivity contribution in [3.8, 4) is 11.5 Å². The summed E-state index contributed by atoms with van der Waals surface area (Å²) < 4.78 is 32.6. The summed E-state index contributed by atoms with van der Waals surface area (Å²) in [6, 6.07) is 1.11. The standard InChI is InChI=1S/C8H10ClNO5S/c9-6-4(1-2-10)3-5(11)7(12)8(6)16(13,14)15/h3,11-12H,1-2,10H2,(H,13,14,15). The first-order valence-corrected chi connectivity index (χ1v) is 6.06. The summed E-state index contributed by atoms with van der Waals surface area (Å²) in [5, 5.41) is 18.2. The Bertz CT molecular complexity index is 514. The van der Waals surface area contributed by atoms with Gasteiger partial charge in [0, 0.05) is 6.42 Å². The SMILES string of the molecule is [NH3+]CCc1cc(O)c(O)c(S(=O)(=O)[O-])c1Cl. The summed E-state index contributed by atoms with van der Waals surface area (Å²) in [6.45, 7) is 0.405. The Kier molecular flexibility index (Phi) is 3.64. The fourth-order valence-corrected chi connectivity index (χ4v) is 2.48. The summed E-state index contributed by atoms with van der Waals surface area (Å²) >= 11 is 5.67. The van der Waals surface area contributed by atoms with E-state index in [0.29, 0.717) is 6.54 Å². The Morgan fingerprint density at radius 2 is 2.00 bits per heavy atom. The highest BCUT2D eigenvalue weighted by Crippen LogP contribution is 2.40. The highest BCUT2D eigenvalue weighted by Gasteiger charge is 2.20. The van der Waals surface area contributed by atoms with E-state index in [1.165, 1.54) is 0 Å². The number of benzene rings is 1. The third-order valence-electron chi connectivity index (χ3n) is 1.95. The van der Waals surface area contributed by atoms with Crippen LogP contribution in [-0.2, 0) is 16.5 Å². The molecule has 8 heteroatoms. The van der Waals surface area contributed by atoms with Crippen molar-refractivity contribution in [3.05, 3.63) is 16.7 Å². The van der Waals surface area contributed by atoms with Crippen LogP contribution in [0, 0.1) is 0 Å². The lowest BCUT2D eigenvalue weighted by Crippen LogP contribution is -2.51. The molecule has 5 N–H and O–H groups in total. The van der Waals surface area contributed by atoms with E-state index >= 15 is 0 Å². The molecule has 0 aromatic heterocycles. The van der Waals surface area contributed by atoms with Crippen LogP contribution in [-0.4, -0.2) is 29.7 Å². The first-order chi connectivity index (χ1) is 7.29. The minimum Gasteiger partial charge on any atom is -0.744 e. The smallest absolute Gasteiger partial charge is 0.176 e. The second-order valence-corrected chi connectivity index (χ2v) is 4.80. The third kappa shape index (κ3) is 2.38. The van der Waals surface area contributed by atoms with E-state index < -0.39 is 26.5 Å². The van der Waals surface area contributed by atoms with Gasteiger partial charge >= 0.3 is 0 Å². The van der Waals surface area contributed by atoms with Crippen molar-refractivity contribution in [1.82, 2.24) is 0 Å². The second kappa shape index (κ2) is 4.46. The lowest BCUT2D eigenvalue weighted by atomic mass is 10.1. The third-order valence-corrected chi connectivity index (χ3v) is 3.39. The minimum absolute atomic E-state index is 0.251. The molecule has 1 aromatic rings. The first-order valence-electron chi connectivity index (χ1n) is 4.27. The predicted octanol–water partition coefficient (Wildman–Crippen LogP) is -0.560. The fraction of sp³-hybridized carbons (Fsp3) is 0.250. The number of halogens is 1. The Labute approximate surface area is 97.0 Å². The van der Waals surface area contributed by atoms with Crippen LogP contribution in [0.5, 0.6) is 11.5 Å². The van der Waals surface area contributed by atoms with Crippen LogP contribution < -0.4 is 5.73 Å². The lowest BCUT2D eigenvalue weighted by molar-refractivity contribution is -0.366. The quantitative estimate of drug-likeness (QED) is 0.500. The molecular weight excluding hydrogens is 258 g/mol. The molecule has 0 unspecified atom stereocenters. The van der Waals surface area contributed by atoms with Crippen LogP contribution in [0.3, 0.4) is 0 Å². The molecule has 90 valence electrons. The van der Waals surface area contributed by atoms with Gasteiger partial charge in [-0.25, -0.2) is 8.42 Å². The van der Waals surface area contributed by atoms with E-state index in [2.05, 4.69) is 5.73 Å². The van der Waals surface area contributed by atoms with E-state index in [1.54, 1.807) is 0 Å². The van der Waals surface area contributed by atoms with Gasteiger partial charge in [-0.15, -0.1) is 0 Å². The Balaban J connectivity index is 3.59. The molecule has 16 heavy (non-hydrogen) atoms. The maximum absolute atomic E-state index is 10.9. The zero-order valence-electron chi connectivity index (χ0n) is 8.10. The number of rotatable bonds is 3. The van der Waals surface area contributed by atoms with Gasteiger partial charge in [-0.1, -0.05) is 11.6 Å². The van der Waals surface area contributed by atoms with E-state index in [0.717, 1.165) is 6.07 Å². The van der Waals surface area contributed by atoms with Crippen LogP contribution in [0.2, 0.25) is 5.02 Å². The van der Waals surface area contributed by atoms with Crippen molar-refractivity contribution in [2.75, 3.05) is 6.54 Å². The molecule has 0 heterocycles. The molecule has 1 rings (SSSR count). The molecule has 1 aromatic carbocycles. The van der Waals surface area contributed by atoms with Crippen molar-refractivity contribution in [1.29, 1.82) is 0 Å². The highest BCUT2D eigenvalue weighted by atomic mass is 35.5. The molecule has 0 saturated carbocycles. The maximum atomic E-state index is 10.9. The van der Waals surface area contributed by atoms with Gasteiger partial charge < -0.3 is 20.5 Å². The number of phenolic OH excluding ortho intramolecular Hbond substituents is 2. The minimum atomic E-state index is -4.94. The van der Waals surface area contributed by atoms with Crippen molar-refractivity contribution in [2.24, 2.45) is 0 Å². The van der Waals surface area contributed by atoms with Crippen molar-refractivity contribution in [3.63, 3.8) is 0 Å². The van der Waals surface area contributed by atoms with Gasteiger partial charge in [0.2, 0.25) is 0 Å². The molecular formula is C8H10ClNO5S. The molecule has 0 radical (unpaired) electrons. The van der Waals surface area contributed by atoms with Crippen LogP contribution in [0.15, 0.2) is 11.0 Å². The first kappa shape index (κ1) is 13.0. The Hall–Kier alpha value is -1.02. The van der Waals surface area contributed by atoms with Crippen LogP contribution in [0.25, 0.3) is 0 Å². The van der Waals surface area contributed by atoms with Crippen molar-refractivity contribution < 1.29 is 28.9 Å². The van der Waals surface area contributed by atoms with E-state index in [9.17, 15) is 23.2 Å². The summed E-state index contributed by atoms with van der Waals surface area (Å²) in [7, 11) is -4.94. The van der Waals surface area contributed by atoms with Crippen molar-refractivity contribution >= 4 is 21.7 Å². The molecule has 0 amide bonds. The second-order valence-electron chi connectivity index (χ2n) is 3.10. The summed E-state index contributed by atoms with van der Waals surface area (Å²) in [5.74, 6) is -1.71. The average Bonchev–Trinajstić information content (AvgIpc) is 2.12. The van der Waals surface area contributed by atoms with Gasteiger partial charge in [-0.3, -0.25) is 0 Å². The molecule has 0 fully saturated rings. The Morgan fingerprint density at radius 3 is 2.44 bits per heavy atom. The van der Waals surface area contributed by atoms with Crippen LogP contribution in [0.1, 0.15) is 5.56 Å². The normalized spacial score (nSPS) is 11.7. The van der Waals surface area contributed by atoms with Gasteiger partial charge in [0.15, 0.2) is 11.5 Å². The number of phenols is 2. The predicted molar refractivity (Wildman–Crippen MR) is 54.2 cm³/mol. The monoisotopic (exact) mass is 267 g/mol. The Morgan fingerprint density at radius 1 is 1.44 bits per heavy atom. The van der Waals surface area contributed by atoms with Gasteiger partial charge in [-0.05, 0) is 11.6 Å². The van der Waals surface area contributed by atoms with E-state index in [1.807, 2.05) is 0 Å². The summed E-state index contributed by atoms with van der Waals surface area (Å²) in [4.78, 5) is -0.988. The molecule has 0 aliphatic heterocycles. The van der Waals surface area contributed by atoms with Crippen molar-refractivity contribution in [2.45, 2.75) is 11.3 Å². The topological polar surface area (TPSA) is 125 Å². The molecule has 0 bridgehead atoms. The zero-order chi connectivity index (χ0) is 12.5. The number of hydrogen-bond acceptors (Lipinski definition) is 5. The van der Waals surface area contributed by atoms with Gasteiger partial charge in [-0.2, -0.15) is 0 Å². The molecule has 0 aliphatic rings. The largest absolute Gasteiger partial charge is 0.744 e. The maximum Gasteiger partial charge on any atom is 0.176 e. The summed E-state index contributed by atoms with van der Waals surface area (Å²) in [6.07, 6.45) is 0.287. The zero-order valence-corrected chi connectivity index (χ0v) is 9.68. The molecule has 0 aliphatic carbocycles. The van der Waals surface area contributed by atoms with Crippen LogP contribution in [0.4, 0.5) is 0 Å². The van der Waals surface area contributed by atoms with Gasteiger partial charge in [0.1, 0.15) is 15.0 Å². The van der Waals surface area contributed by atoms with E-state index in [4.69, 9.17) is 11.6 Å². The molecule has 0 atom stereocenters. The molecule has 0 spiro atoms. The number of aromatic hydroxyl groups is 2. The number of quaternary nitrogens is 1. The highest BCUT2D eigenvalue weighted by molar-refractivity contribution is 7.86.